The van der Waals surface area contributed by atoms with E-state index < -0.39 is 53.5 Å². The Morgan fingerprint density at radius 1 is 1.16 bits per heavy atom. The molecule has 3 N–H and O–H groups in total. The number of rotatable bonds is 8. The number of carbonyl (C=O) groups excluding carboxylic acids is 3. The number of hydrogen-bond donors (Lipinski definition) is 3. The Labute approximate surface area is 298 Å². The summed E-state index contributed by atoms with van der Waals surface area (Å²) in [6.07, 6.45) is 6.91. The first kappa shape index (κ1) is 35.6. The second-order valence-electron chi connectivity index (χ2n) is 14.5. The molecule has 1 aliphatic carbocycles. The fourth-order valence-corrected chi connectivity index (χ4v) is 6.91. The molecule has 5 atom stereocenters. The Hall–Kier alpha value is -5.19. The molecule has 0 spiro atoms. The fourth-order valence-electron chi connectivity index (χ4n) is 6.91. The first-order chi connectivity index (χ1) is 24.4. The summed E-state index contributed by atoms with van der Waals surface area (Å²) in [7, 11) is 0. The van der Waals surface area contributed by atoms with E-state index in [-0.39, 0.29) is 31.4 Å². The van der Waals surface area contributed by atoms with E-state index in [1.54, 1.807) is 0 Å². The van der Waals surface area contributed by atoms with Crippen LogP contribution >= 0.6 is 0 Å². The summed E-state index contributed by atoms with van der Waals surface area (Å²) in [6, 6.07) is 15.6. The van der Waals surface area contributed by atoms with Crippen molar-refractivity contribution >= 4 is 40.9 Å². The number of carbonyl (C=O) groups is 4. The quantitative estimate of drug-likeness (QED) is 0.239. The van der Waals surface area contributed by atoms with Gasteiger partial charge < -0.3 is 30.1 Å². The van der Waals surface area contributed by atoms with Crippen molar-refractivity contribution in [2.24, 2.45) is 11.3 Å². The van der Waals surface area contributed by atoms with Gasteiger partial charge in [0.15, 0.2) is 0 Å². The lowest BCUT2D eigenvalue weighted by Crippen LogP contribution is -2.56. The molecule has 3 aromatic rings. The number of unbranched alkanes of at least 4 members (excludes halogenated alkanes) is 1. The van der Waals surface area contributed by atoms with Crippen LogP contribution in [0.5, 0.6) is 5.75 Å². The molecular weight excluding hydrogens is 648 g/mol. The van der Waals surface area contributed by atoms with E-state index >= 15 is 0 Å². The van der Waals surface area contributed by atoms with E-state index in [2.05, 4.69) is 37.1 Å². The predicted molar refractivity (Wildman–Crippen MR) is 194 cm³/mol. The molecule has 3 heterocycles. The van der Waals surface area contributed by atoms with Gasteiger partial charge in [-0.2, -0.15) is 0 Å². The van der Waals surface area contributed by atoms with Crippen LogP contribution in [0.2, 0.25) is 0 Å². The van der Waals surface area contributed by atoms with Crippen LogP contribution < -0.4 is 15.4 Å². The Kier molecular flexibility index (Phi) is 10.2. The number of nitrogens with zero attached hydrogens (tertiary/aromatic N) is 2. The normalized spacial score (nSPS) is 26.6. The summed E-state index contributed by atoms with van der Waals surface area (Å²) < 4.78 is 12.3. The molecule has 268 valence electrons. The van der Waals surface area contributed by atoms with E-state index in [4.69, 9.17) is 14.5 Å². The Balaban J connectivity index is 1.42. The van der Waals surface area contributed by atoms with Crippen molar-refractivity contribution in [3.8, 4) is 17.0 Å². The SMILES string of the molecule is C=C[C@@H]1C[C@]1(NC(=O)[C@@H]1C[C@@H]2CN1C(=O)[C@H](CCCC)NC(=O)OCCC(C)(C)/C=C\c1ccc3nc(-c4ccccc4)cc(c3c1)O2)C(=O)O. The topological polar surface area (TPSA) is 147 Å². The molecule has 2 aromatic carbocycles. The van der Waals surface area contributed by atoms with Gasteiger partial charge in [0, 0.05) is 29.4 Å². The van der Waals surface area contributed by atoms with E-state index in [0.29, 0.717) is 30.7 Å². The summed E-state index contributed by atoms with van der Waals surface area (Å²) in [5, 5.41) is 16.3. The zero-order valence-corrected chi connectivity index (χ0v) is 29.4. The first-order valence-corrected chi connectivity index (χ1v) is 17.7. The summed E-state index contributed by atoms with van der Waals surface area (Å²) in [4.78, 5) is 60.0. The number of pyridine rings is 1. The third-order valence-corrected chi connectivity index (χ3v) is 10.2. The Morgan fingerprint density at radius 3 is 2.65 bits per heavy atom. The third kappa shape index (κ3) is 7.77. The van der Waals surface area contributed by atoms with Crippen molar-refractivity contribution in [2.75, 3.05) is 13.2 Å². The van der Waals surface area contributed by atoms with Crippen molar-refractivity contribution in [1.82, 2.24) is 20.5 Å². The second kappa shape index (κ2) is 14.6. The molecule has 1 saturated heterocycles. The molecule has 1 saturated carbocycles. The fraction of sp³-hybridized carbons (Fsp3) is 0.425. The zero-order chi connectivity index (χ0) is 36.3. The molecule has 11 heteroatoms. The number of carboxylic acids is 1. The van der Waals surface area contributed by atoms with Gasteiger partial charge in [-0.3, -0.25) is 9.59 Å². The van der Waals surface area contributed by atoms with Crippen molar-refractivity contribution < 1.29 is 33.8 Å². The maximum Gasteiger partial charge on any atom is 0.407 e. The maximum absolute atomic E-state index is 14.3. The molecule has 2 aliphatic heterocycles. The highest BCUT2D eigenvalue weighted by Gasteiger charge is 2.61. The van der Waals surface area contributed by atoms with Gasteiger partial charge in [-0.25, -0.2) is 14.6 Å². The molecule has 6 rings (SSSR count). The molecule has 2 fully saturated rings. The van der Waals surface area contributed by atoms with Crippen molar-refractivity contribution in [1.29, 1.82) is 0 Å². The van der Waals surface area contributed by atoms with Crippen LogP contribution in [0.4, 0.5) is 4.79 Å². The second-order valence-corrected chi connectivity index (χ2v) is 14.5. The lowest BCUT2D eigenvalue weighted by molar-refractivity contribution is -0.145. The number of nitrogens with one attached hydrogen (secondary N) is 2. The number of aliphatic carboxylic acids is 1. The van der Waals surface area contributed by atoms with E-state index in [1.807, 2.05) is 67.6 Å². The molecule has 0 radical (unpaired) electrons. The zero-order valence-electron chi connectivity index (χ0n) is 29.4. The van der Waals surface area contributed by atoms with Gasteiger partial charge in [0.1, 0.15) is 29.5 Å². The van der Waals surface area contributed by atoms with Gasteiger partial charge in [-0.1, -0.05) is 88.2 Å². The monoisotopic (exact) mass is 694 g/mol. The summed E-state index contributed by atoms with van der Waals surface area (Å²) in [5.74, 6) is -2.09. The molecule has 51 heavy (non-hydrogen) atoms. The number of amides is 3. The highest BCUT2D eigenvalue weighted by molar-refractivity contribution is 5.96. The summed E-state index contributed by atoms with van der Waals surface area (Å²) >= 11 is 0. The number of aromatic nitrogens is 1. The van der Waals surface area contributed by atoms with Gasteiger partial charge >= 0.3 is 12.1 Å². The molecule has 0 unspecified atom stereocenters. The van der Waals surface area contributed by atoms with Gasteiger partial charge in [0.25, 0.3) is 0 Å². The molecule has 3 aliphatic rings. The minimum absolute atomic E-state index is 0.0412. The van der Waals surface area contributed by atoms with Crippen LogP contribution in [-0.4, -0.2) is 75.7 Å². The third-order valence-electron chi connectivity index (χ3n) is 10.2. The van der Waals surface area contributed by atoms with Crippen LogP contribution in [0.15, 0.2) is 73.3 Å². The van der Waals surface area contributed by atoms with E-state index in [1.165, 1.54) is 11.0 Å². The Morgan fingerprint density at radius 2 is 1.94 bits per heavy atom. The number of cyclic esters (lactones) is 1. The van der Waals surface area contributed by atoms with Crippen molar-refractivity contribution in [3.05, 3.63) is 78.9 Å². The van der Waals surface area contributed by atoms with Gasteiger partial charge in [-0.05, 0) is 42.4 Å². The van der Waals surface area contributed by atoms with Crippen LogP contribution in [0, 0.1) is 11.3 Å². The van der Waals surface area contributed by atoms with Crippen LogP contribution in [0.25, 0.3) is 28.2 Å². The van der Waals surface area contributed by atoms with Crippen LogP contribution in [0.1, 0.15) is 64.9 Å². The van der Waals surface area contributed by atoms with Crippen molar-refractivity contribution in [3.63, 3.8) is 0 Å². The number of fused-ring (bicyclic) bond motifs is 3. The molecular formula is C40H46N4O7. The summed E-state index contributed by atoms with van der Waals surface area (Å²) in [5.41, 5.74) is 1.47. The van der Waals surface area contributed by atoms with E-state index in [9.17, 15) is 24.3 Å². The van der Waals surface area contributed by atoms with Crippen LogP contribution in [-0.2, 0) is 19.1 Å². The number of alkyl carbamates (subject to hydrolysis) is 1. The lowest BCUT2D eigenvalue weighted by Gasteiger charge is -2.29. The first-order valence-electron chi connectivity index (χ1n) is 17.7. The highest BCUT2D eigenvalue weighted by atomic mass is 16.5. The predicted octanol–water partition coefficient (Wildman–Crippen LogP) is 6.12. The number of benzene rings is 2. The largest absolute Gasteiger partial charge is 0.488 e. The molecule has 4 bridgehead atoms. The molecule has 1 aromatic heterocycles. The maximum atomic E-state index is 14.3. The number of ether oxygens (including phenoxy) is 2. The number of allylic oxidation sites excluding steroid dienone is 1. The minimum atomic E-state index is -1.48. The average molecular weight is 695 g/mol. The van der Waals surface area contributed by atoms with Crippen LogP contribution in [0.3, 0.4) is 0 Å². The standard InChI is InChI=1S/C40H46N4O7/c1-5-7-13-31-36(46)44-24-28(21-33(44)35(45)43-40(37(47)48)23-27(40)6-2)51-34-22-32(26-11-9-8-10-12-26)41-30-15-14-25(20-29(30)34)16-17-39(3,4)18-19-50-38(49)42-31/h6,8-12,14-17,20,22,27-28,31,33H,2,5,7,13,18-19,21,23-24H2,1,3-4H3,(H,42,49)(H,43,45)(H,47,48)/b17-16-/t27-,28-,31+,33+,40-/m1/s1. The summed E-state index contributed by atoms with van der Waals surface area (Å²) in [6.45, 7) is 10.0. The number of hydrogen-bond acceptors (Lipinski definition) is 7. The minimum Gasteiger partial charge on any atom is -0.488 e. The van der Waals surface area contributed by atoms with Gasteiger partial charge in [0.05, 0.1) is 24.4 Å². The lowest BCUT2D eigenvalue weighted by atomic mass is 9.88. The molecule has 3 amide bonds. The van der Waals surface area contributed by atoms with Crippen molar-refractivity contribution in [2.45, 2.75) is 83.0 Å². The van der Waals surface area contributed by atoms with Gasteiger partial charge in [-0.15, -0.1) is 6.58 Å². The average Bonchev–Trinajstić information content (AvgIpc) is 3.68. The van der Waals surface area contributed by atoms with E-state index in [0.717, 1.165) is 28.5 Å². The highest BCUT2D eigenvalue weighted by Crippen LogP contribution is 2.45. The molecule has 11 nitrogen and oxygen atoms in total. The smallest absolute Gasteiger partial charge is 0.407 e. The van der Waals surface area contributed by atoms with Gasteiger partial charge in [0.2, 0.25) is 11.8 Å². The number of carboxylic acid groups (broad SMARTS) is 1. The Bertz CT molecular complexity index is 1860.